The highest BCUT2D eigenvalue weighted by molar-refractivity contribution is 5.79. The fourth-order valence-electron chi connectivity index (χ4n) is 3.54. The molecule has 0 aliphatic carbocycles. The second-order valence-corrected chi connectivity index (χ2v) is 6.79. The molecular formula is C22H25N3O. The molecule has 1 saturated heterocycles. The van der Waals surface area contributed by atoms with Crippen molar-refractivity contribution in [1.29, 1.82) is 5.26 Å². The summed E-state index contributed by atoms with van der Waals surface area (Å²) < 4.78 is 0. The number of nitrogens with zero attached hydrogens (tertiary/aromatic N) is 2. The molecule has 4 heteroatoms. The van der Waals surface area contributed by atoms with E-state index in [4.69, 9.17) is 5.26 Å². The van der Waals surface area contributed by atoms with Crippen LogP contribution in [0.1, 0.15) is 36.4 Å². The Hall–Kier alpha value is -2.64. The lowest BCUT2D eigenvalue weighted by Gasteiger charge is -2.31. The van der Waals surface area contributed by atoms with Crippen LogP contribution in [0.3, 0.4) is 0 Å². The third kappa shape index (κ3) is 4.71. The molecule has 4 nitrogen and oxygen atoms in total. The first kappa shape index (κ1) is 18.2. The van der Waals surface area contributed by atoms with Crippen LogP contribution in [-0.4, -0.2) is 30.4 Å². The summed E-state index contributed by atoms with van der Waals surface area (Å²) in [6.07, 6.45) is 2.27. The number of hydrogen-bond donors (Lipinski definition) is 1. The molecule has 1 aliphatic heterocycles. The molecule has 0 bridgehead atoms. The minimum Gasteiger partial charge on any atom is -0.345 e. The molecule has 0 atom stereocenters. The molecule has 3 rings (SSSR count). The van der Waals surface area contributed by atoms with Gasteiger partial charge in [0.25, 0.3) is 0 Å². The third-order valence-electron chi connectivity index (χ3n) is 5.05. The first-order chi connectivity index (χ1) is 12.8. The summed E-state index contributed by atoms with van der Waals surface area (Å²) in [5, 5.41) is 12.0. The van der Waals surface area contributed by atoms with Gasteiger partial charge in [0, 0.05) is 18.9 Å². The molecule has 1 N–H and O–H groups in total. The van der Waals surface area contributed by atoms with Crippen LogP contribution in [0.5, 0.6) is 0 Å². The number of carbonyl (C=O) groups excluding carboxylic acids is 1. The van der Waals surface area contributed by atoms with Gasteiger partial charge >= 0.3 is 0 Å². The predicted octanol–water partition coefficient (Wildman–Crippen LogP) is 3.52. The minimum atomic E-state index is -0.124. The highest BCUT2D eigenvalue weighted by atomic mass is 16.1. The Morgan fingerprint density at radius 2 is 1.58 bits per heavy atom. The summed E-state index contributed by atoms with van der Waals surface area (Å²) in [4.78, 5) is 15.2. The van der Waals surface area contributed by atoms with Gasteiger partial charge in [0.15, 0.2) is 0 Å². The molecule has 134 valence electrons. The summed E-state index contributed by atoms with van der Waals surface area (Å²) in [6, 6.07) is 22.3. The zero-order valence-corrected chi connectivity index (χ0v) is 15.0. The van der Waals surface area contributed by atoms with E-state index in [0.717, 1.165) is 43.6 Å². The SMILES string of the molecule is N#CCCN1CCC(C(=O)NC(c2ccccc2)c2ccccc2)CC1. The second kappa shape index (κ2) is 9.17. The van der Waals surface area contributed by atoms with Crippen LogP contribution in [0.15, 0.2) is 60.7 Å². The molecule has 1 heterocycles. The number of amides is 1. The Labute approximate surface area is 155 Å². The van der Waals surface area contributed by atoms with Crippen molar-refractivity contribution in [3.63, 3.8) is 0 Å². The van der Waals surface area contributed by atoms with Crippen LogP contribution in [0.4, 0.5) is 0 Å². The predicted molar refractivity (Wildman–Crippen MR) is 102 cm³/mol. The van der Waals surface area contributed by atoms with Crippen LogP contribution in [-0.2, 0) is 4.79 Å². The molecule has 2 aromatic rings. The molecule has 2 aromatic carbocycles. The first-order valence-corrected chi connectivity index (χ1v) is 9.27. The van der Waals surface area contributed by atoms with Crippen LogP contribution in [0.2, 0.25) is 0 Å². The van der Waals surface area contributed by atoms with E-state index < -0.39 is 0 Å². The average molecular weight is 347 g/mol. The summed E-state index contributed by atoms with van der Waals surface area (Å²) in [5.74, 6) is 0.172. The number of benzene rings is 2. The molecule has 1 aliphatic rings. The van der Waals surface area contributed by atoms with Gasteiger partial charge in [0.2, 0.25) is 5.91 Å². The van der Waals surface area contributed by atoms with Gasteiger partial charge in [-0.05, 0) is 37.1 Å². The van der Waals surface area contributed by atoms with E-state index in [1.807, 2.05) is 36.4 Å². The molecular weight excluding hydrogens is 322 g/mol. The summed E-state index contributed by atoms with van der Waals surface area (Å²) in [5.41, 5.74) is 2.19. The van der Waals surface area contributed by atoms with Crippen molar-refractivity contribution in [3.05, 3.63) is 71.8 Å². The zero-order chi connectivity index (χ0) is 18.2. The van der Waals surface area contributed by atoms with Gasteiger partial charge in [0.05, 0.1) is 12.1 Å². The lowest BCUT2D eigenvalue weighted by atomic mass is 9.93. The maximum atomic E-state index is 12.9. The van der Waals surface area contributed by atoms with Crippen LogP contribution in [0.25, 0.3) is 0 Å². The van der Waals surface area contributed by atoms with Gasteiger partial charge in [-0.3, -0.25) is 4.79 Å². The van der Waals surface area contributed by atoms with E-state index in [0.29, 0.717) is 6.42 Å². The fourth-order valence-corrected chi connectivity index (χ4v) is 3.54. The largest absolute Gasteiger partial charge is 0.345 e. The third-order valence-corrected chi connectivity index (χ3v) is 5.05. The van der Waals surface area contributed by atoms with Crippen LogP contribution in [0, 0.1) is 17.2 Å². The normalized spacial score (nSPS) is 15.5. The van der Waals surface area contributed by atoms with E-state index in [9.17, 15) is 4.79 Å². The van der Waals surface area contributed by atoms with Gasteiger partial charge in [0.1, 0.15) is 0 Å². The van der Waals surface area contributed by atoms with E-state index in [1.165, 1.54) is 0 Å². The van der Waals surface area contributed by atoms with Crippen LogP contribution >= 0.6 is 0 Å². The number of hydrogen-bond acceptors (Lipinski definition) is 3. The van der Waals surface area contributed by atoms with Crippen molar-refractivity contribution in [1.82, 2.24) is 10.2 Å². The Kier molecular flexibility index (Phi) is 6.40. The Balaban J connectivity index is 1.66. The van der Waals surface area contributed by atoms with Crippen molar-refractivity contribution in [2.45, 2.75) is 25.3 Å². The number of piperidine rings is 1. The maximum Gasteiger partial charge on any atom is 0.223 e. The molecule has 1 amide bonds. The molecule has 0 aromatic heterocycles. The van der Waals surface area contributed by atoms with E-state index in [1.54, 1.807) is 0 Å². The lowest BCUT2D eigenvalue weighted by Crippen LogP contribution is -2.42. The number of nitriles is 1. The topological polar surface area (TPSA) is 56.1 Å². The monoisotopic (exact) mass is 347 g/mol. The Bertz CT molecular complexity index is 691. The number of likely N-dealkylation sites (tertiary alicyclic amines) is 1. The minimum absolute atomic E-state index is 0.0447. The fraction of sp³-hybridized carbons (Fsp3) is 0.364. The lowest BCUT2D eigenvalue weighted by molar-refractivity contribution is -0.127. The van der Waals surface area contributed by atoms with E-state index in [2.05, 4.69) is 40.6 Å². The highest BCUT2D eigenvalue weighted by Crippen LogP contribution is 2.24. The molecule has 0 saturated carbocycles. The quantitative estimate of drug-likeness (QED) is 0.870. The highest BCUT2D eigenvalue weighted by Gasteiger charge is 2.27. The van der Waals surface area contributed by atoms with Gasteiger partial charge in [-0.25, -0.2) is 0 Å². The van der Waals surface area contributed by atoms with Gasteiger partial charge < -0.3 is 10.2 Å². The summed E-state index contributed by atoms with van der Waals surface area (Å²) in [7, 11) is 0. The molecule has 0 spiro atoms. The average Bonchev–Trinajstić information content (AvgIpc) is 2.72. The zero-order valence-electron chi connectivity index (χ0n) is 15.0. The van der Waals surface area contributed by atoms with E-state index >= 15 is 0 Å². The van der Waals surface area contributed by atoms with Crippen molar-refractivity contribution >= 4 is 5.91 Å². The Morgan fingerprint density at radius 1 is 1.04 bits per heavy atom. The molecule has 26 heavy (non-hydrogen) atoms. The molecule has 1 fully saturated rings. The second-order valence-electron chi connectivity index (χ2n) is 6.79. The van der Waals surface area contributed by atoms with Crippen molar-refractivity contribution in [3.8, 4) is 6.07 Å². The van der Waals surface area contributed by atoms with Crippen molar-refractivity contribution in [2.75, 3.05) is 19.6 Å². The maximum absolute atomic E-state index is 12.9. The summed E-state index contributed by atoms with van der Waals surface area (Å²) >= 11 is 0. The smallest absolute Gasteiger partial charge is 0.223 e. The van der Waals surface area contributed by atoms with Crippen molar-refractivity contribution < 1.29 is 4.79 Å². The standard InChI is InChI=1S/C22H25N3O/c23-14-7-15-25-16-12-20(13-17-25)22(26)24-21(18-8-3-1-4-9-18)19-10-5-2-6-11-19/h1-6,8-11,20-21H,7,12-13,15-17H2,(H,24,26). The van der Waals surface area contributed by atoms with Gasteiger partial charge in [-0.2, -0.15) is 5.26 Å². The Morgan fingerprint density at radius 3 is 2.08 bits per heavy atom. The summed E-state index contributed by atoms with van der Waals surface area (Å²) in [6.45, 7) is 2.59. The van der Waals surface area contributed by atoms with Gasteiger partial charge in [-0.15, -0.1) is 0 Å². The number of rotatable bonds is 6. The number of nitrogens with one attached hydrogen (secondary N) is 1. The van der Waals surface area contributed by atoms with Crippen molar-refractivity contribution in [2.24, 2.45) is 5.92 Å². The first-order valence-electron chi connectivity index (χ1n) is 9.27. The molecule has 0 radical (unpaired) electrons. The van der Waals surface area contributed by atoms with E-state index in [-0.39, 0.29) is 17.9 Å². The van der Waals surface area contributed by atoms with Gasteiger partial charge in [-0.1, -0.05) is 60.7 Å². The number of carbonyl (C=O) groups is 1. The molecule has 0 unspecified atom stereocenters. The van der Waals surface area contributed by atoms with Crippen LogP contribution < -0.4 is 5.32 Å².